The molecule has 0 bridgehead atoms. The third kappa shape index (κ3) is 5.63. The summed E-state index contributed by atoms with van der Waals surface area (Å²) in [6.07, 6.45) is 0.429. The van der Waals surface area contributed by atoms with E-state index in [1.807, 2.05) is 24.6 Å². The molecule has 6 heteroatoms. The zero-order chi connectivity index (χ0) is 14.3. The second-order valence-electron chi connectivity index (χ2n) is 4.64. The molecule has 0 radical (unpaired) electrons. The Morgan fingerprint density at radius 2 is 2.05 bits per heavy atom. The first-order valence-electron chi connectivity index (χ1n) is 6.79. The minimum atomic E-state index is -4.12. The van der Waals surface area contributed by atoms with E-state index >= 15 is 0 Å². The third-order valence-corrected chi connectivity index (χ3v) is 2.88. The van der Waals surface area contributed by atoms with Gasteiger partial charge in [0.15, 0.2) is 0 Å². The van der Waals surface area contributed by atoms with Gasteiger partial charge in [-0.15, -0.1) is 0 Å². The quantitative estimate of drug-likeness (QED) is 0.785. The van der Waals surface area contributed by atoms with E-state index in [1.165, 1.54) is 0 Å². The molecule has 1 atom stereocenters. The number of aryl methyl sites for hydroxylation is 1. The molecular formula is C13H22F3N3. The van der Waals surface area contributed by atoms with Crippen LogP contribution < -0.4 is 5.32 Å². The molecule has 0 saturated carbocycles. The summed E-state index contributed by atoms with van der Waals surface area (Å²) in [6.45, 7) is 5.51. The molecule has 1 aromatic rings. The van der Waals surface area contributed by atoms with Crippen molar-refractivity contribution in [1.82, 2.24) is 14.9 Å². The maximum Gasteiger partial charge on any atom is 0.389 e. The van der Waals surface area contributed by atoms with Crippen molar-refractivity contribution in [3.8, 4) is 0 Å². The van der Waals surface area contributed by atoms with E-state index < -0.39 is 12.6 Å². The Hall–Kier alpha value is -1.04. The lowest BCUT2D eigenvalue weighted by Gasteiger charge is -2.20. The van der Waals surface area contributed by atoms with Crippen LogP contribution in [-0.4, -0.2) is 22.3 Å². The lowest BCUT2D eigenvalue weighted by molar-refractivity contribution is -0.136. The van der Waals surface area contributed by atoms with Gasteiger partial charge < -0.3 is 9.88 Å². The van der Waals surface area contributed by atoms with Crippen molar-refractivity contribution in [2.75, 3.05) is 6.54 Å². The zero-order valence-electron chi connectivity index (χ0n) is 11.5. The van der Waals surface area contributed by atoms with Crippen LogP contribution in [0.15, 0.2) is 12.4 Å². The second kappa shape index (κ2) is 7.53. The van der Waals surface area contributed by atoms with Crippen molar-refractivity contribution in [1.29, 1.82) is 0 Å². The second-order valence-corrected chi connectivity index (χ2v) is 4.64. The van der Waals surface area contributed by atoms with Crippen LogP contribution in [0.1, 0.15) is 51.4 Å². The Bertz CT molecular complexity index is 360. The molecule has 1 unspecified atom stereocenters. The van der Waals surface area contributed by atoms with Gasteiger partial charge in [-0.2, -0.15) is 13.2 Å². The van der Waals surface area contributed by atoms with Crippen LogP contribution >= 0.6 is 0 Å². The number of hydrogen-bond donors (Lipinski definition) is 1. The molecule has 1 heterocycles. The van der Waals surface area contributed by atoms with Crippen molar-refractivity contribution >= 4 is 0 Å². The molecule has 0 aromatic carbocycles. The summed E-state index contributed by atoms with van der Waals surface area (Å²) in [6, 6.07) is -0.330. The van der Waals surface area contributed by atoms with Crippen LogP contribution in [-0.2, 0) is 6.54 Å². The molecule has 0 aliphatic heterocycles. The van der Waals surface area contributed by atoms with Crippen LogP contribution in [0.25, 0.3) is 0 Å². The monoisotopic (exact) mass is 277 g/mol. The highest BCUT2D eigenvalue weighted by molar-refractivity contribution is 4.99. The fourth-order valence-corrected chi connectivity index (χ4v) is 2.01. The summed E-state index contributed by atoms with van der Waals surface area (Å²) >= 11 is 0. The number of rotatable bonds is 8. The van der Waals surface area contributed by atoms with E-state index in [4.69, 9.17) is 0 Å². The molecule has 0 aliphatic rings. The molecule has 3 nitrogen and oxygen atoms in total. The first-order valence-corrected chi connectivity index (χ1v) is 6.79. The van der Waals surface area contributed by atoms with E-state index in [0.717, 1.165) is 19.4 Å². The number of hydrogen-bond acceptors (Lipinski definition) is 2. The molecule has 0 amide bonds. The average Bonchev–Trinajstić information content (AvgIpc) is 2.77. The molecule has 0 aliphatic carbocycles. The summed E-state index contributed by atoms with van der Waals surface area (Å²) in [5, 5.41) is 3.16. The number of alkyl halides is 3. The standard InChI is InChI=1S/C13H22F3N3/c1-3-7-17-11(5-6-13(14,15)16)12-18-8-10-19(12)9-4-2/h8,10-11,17H,3-7,9H2,1-2H3. The van der Waals surface area contributed by atoms with E-state index in [2.05, 4.69) is 10.3 Å². The summed E-state index contributed by atoms with van der Waals surface area (Å²) in [5.74, 6) is 0.708. The Kier molecular flexibility index (Phi) is 6.34. The van der Waals surface area contributed by atoms with Crippen LogP contribution in [0.2, 0.25) is 0 Å². The van der Waals surface area contributed by atoms with Gasteiger partial charge in [-0.05, 0) is 25.8 Å². The number of nitrogens with one attached hydrogen (secondary N) is 1. The van der Waals surface area contributed by atoms with Crippen LogP contribution in [0.4, 0.5) is 13.2 Å². The van der Waals surface area contributed by atoms with Gasteiger partial charge in [0.05, 0.1) is 6.04 Å². The highest BCUT2D eigenvalue weighted by Crippen LogP contribution is 2.27. The molecule has 0 fully saturated rings. The van der Waals surface area contributed by atoms with Crippen LogP contribution in [0.3, 0.4) is 0 Å². The van der Waals surface area contributed by atoms with E-state index in [9.17, 15) is 13.2 Å². The van der Waals surface area contributed by atoms with Gasteiger partial charge in [0, 0.05) is 25.4 Å². The van der Waals surface area contributed by atoms with Gasteiger partial charge in [0.1, 0.15) is 5.82 Å². The number of nitrogens with zero attached hydrogens (tertiary/aromatic N) is 2. The van der Waals surface area contributed by atoms with Gasteiger partial charge in [-0.3, -0.25) is 0 Å². The Balaban J connectivity index is 2.74. The highest BCUT2D eigenvalue weighted by Gasteiger charge is 2.29. The van der Waals surface area contributed by atoms with Gasteiger partial charge in [-0.25, -0.2) is 4.98 Å². The number of halogens is 3. The highest BCUT2D eigenvalue weighted by atomic mass is 19.4. The molecule has 1 aromatic heterocycles. The number of aromatic nitrogens is 2. The average molecular weight is 277 g/mol. The smallest absolute Gasteiger partial charge is 0.334 e. The lowest BCUT2D eigenvalue weighted by atomic mass is 10.1. The Morgan fingerprint density at radius 1 is 1.32 bits per heavy atom. The molecule has 110 valence electrons. The van der Waals surface area contributed by atoms with Crippen molar-refractivity contribution in [3.63, 3.8) is 0 Å². The fraction of sp³-hybridized carbons (Fsp3) is 0.769. The van der Waals surface area contributed by atoms with E-state index in [-0.39, 0.29) is 12.5 Å². The molecular weight excluding hydrogens is 255 g/mol. The predicted molar refractivity (Wildman–Crippen MR) is 68.8 cm³/mol. The summed E-state index contributed by atoms with van der Waals surface area (Å²) in [5.41, 5.74) is 0. The van der Waals surface area contributed by atoms with Gasteiger partial charge >= 0.3 is 6.18 Å². The summed E-state index contributed by atoms with van der Waals surface area (Å²) < 4.78 is 39.1. The third-order valence-electron chi connectivity index (χ3n) is 2.88. The van der Waals surface area contributed by atoms with Crippen LogP contribution in [0, 0.1) is 0 Å². The summed E-state index contributed by atoms with van der Waals surface area (Å²) in [7, 11) is 0. The summed E-state index contributed by atoms with van der Waals surface area (Å²) in [4.78, 5) is 4.22. The van der Waals surface area contributed by atoms with Gasteiger partial charge in [0.2, 0.25) is 0 Å². The molecule has 0 saturated heterocycles. The first-order chi connectivity index (χ1) is 8.98. The van der Waals surface area contributed by atoms with Crippen molar-refractivity contribution in [3.05, 3.63) is 18.2 Å². The molecule has 1 rings (SSSR count). The van der Waals surface area contributed by atoms with Crippen molar-refractivity contribution in [2.24, 2.45) is 0 Å². The van der Waals surface area contributed by atoms with Crippen LogP contribution in [0.5, 0.6) is 0 Å². The fourth-order valence-electron chi connectivity index (χ4n) is 2.01. The van der Waals surface area contributed by atoms with Gasteiger partial charge in [0.25, 0.3) is 0 Å². The van der Waals surface area contributed by atoms with Gasteiger partial charge in [-0.1, -0.05) is 13.8 Å². The molecule has 1 N–H and O–H groups in total. The maximum absolute atomic E-state index is 12.4. The van der Waals surface area contributed by atoms with E-state index in [0.29, 0.717) is 12.4 Å². The Labute approximate surface area is 112 Å². The normalized spacial score (nSPS) is 13.7. The molecule has 19 heavy (non-hydrogen) atoms. The largest absolute Gasteiger partial charge is 0.389 e. The van der Waals surface area contributed by atoms with Crippen molar-refractivity contribution < 1.29 is 13.2 Å². The topological polar surface area (TPSA) is 29.9 Å². The minimum absolute atomic E-state index is 0.0320. The lowest BCUT2D eigenvalue weighted by Crippen LogP contribution is -2.27. The maximum atomic E-state index is 12.4. The predicted octanol–water partition coefficient (Wildman–Crippen LogP) is 3.68. The first kappa shape index (κ1) is 16.0. The Morgan fingerprint density at radius 3 is 2.63 bits per heavy atom. The molecule has 0 spiro atoms. The SMILES string of the molecule is CCCNC(CCC(F)(F)F)c1nccn1CCC. The number of imidazole rings is 1. The zero-order valence-corrected chi connectivity index (χ0v) is 11.5. The van der Waals surface area contributed by atoms with E-state index in [1.54, 1.807) is 6.20 Å². The minimum Gasteiger partial charge on any atom is -0.334 e. The van der Waals surface area contributed by atoms with Crippen molar-refractivity contribution in [2.45, 2.75) is 58.3 Å².